The second-order valence-electron chi connectivity index (χ2n) is 8.62. The third-order valence-electron chi connectivity index (χ3n) is 6.10. The second kappa shape index (κ2) is 11.9. The predicted molar refractivity (Wildman–Crippen MR) is 130 cm³/mol. The van der Waals surface area contributed by atoms with E-state index in [9.17, 15) is 18.0 Å². The highest BCUT2D eigenvalue weighted by Gasteiger charge is 2.23. The number of halogens is 3. The standard InChI is InChI=1S/C27H28F3N3O3/c1-35-24-7-3-5-20(26(24)36-17-25(29)30)16-33-12-10-22(11-13-33)32-27(34)19-8-9-23(31-15-19)18-4-2-6-21(28)14-18/h2-9,14-15,22,25H,10-13,16-17H2,1H3,(H,32,34). The van der Waals surface area contributed by atoms with Crippen LogP contribution in [0.3, 0.4) is 0 Å². The first-order valence-corrected chi connectivity index (χ1v) is 11.7. The molecule has 9 heteroatoms. The number of aromatic nitrogens is 1. The van der Waals surface area contributed by atoms with Gasteiger partial charge in [-0.1, -0.05) is 24.3 Å². The topological polar surface area (TPSA) is 63.7 Å². The number of nitrogens with one attached hydrogen (secondary N) is 1. The third kappa shape index (κ3) is 6.54. The number of amides is 1. The van der Waals surface area contributed by atoms with E-state index in [1.165, 1.54) is 25.4 Å². The summed E-state index contributed by atoms with van der Waals surface area (Å²) in [5.41, 5.74) is 2.46. The van der Waals surface area contributed by atoms with Gasteiger partial charge < -0.3 is 14.8 Å². The van der Waals surface area contributed by atoms with Crippen molar-refractivity contribution in [2.45, 2.75) is 31.9 Å². The fraction of sp³-hybridized carbons (Fsp3) is 0.333. The first-order valence-electron chi connectivity index (χ1n) is 11.7. The predicted octanol–water partition coefficient (Wildman–Crippen LogP) is 4.93. The number of ether oxygens (including phenoxy) is 2. The Morgan fingerprint density at radius 1 is 1.14 bits per heavy atom. The summed E-state index contributed by atoms with van der Waals surface area (Å²) in [7, 11) is 1.48. The van der Waals surface area contributed by atoms with E-state index in [2.05, 4.69) is 15.2 Å². The van der Waals surface area contributed by atoms with Gasteiger partial charge in [0.1, 0.15) is 12.4 Å². The van der Waals surface area contributed by atoms with Gasteiger partial charge in [-0.25, -0.2) is 13.2 Å². The zero-order valence-corrected chi connectivity index (χ0v) is 19.9. The van der Waals surface area contributed by atoms with Gasteiger partial charge in [-0.15, -0.1) is 0 Å². The van der Waals surface area contributed by atoms with E-state index in [1.807, 2.05) is 12.1 Å². The summed E-state index contributed by atoms with van der Waals surface area (Å²) in [5, 5.41) is 3.06. The average molecular weight is 500 g/mol. The van der Waals surface area contributed by atoms with E-state index in [-0.39, 0.29) is 17.8 Å². The summed E-state index contributed by atoms with van der Waals surface area (Å²) < 4.78 is 49.5. The molecule has 0 saturated carbocycles. The normalized spacial score (nSPS) is 14.6. The molecule has 2 heterocycles. The summed E-state index contributed by atoms with van der Waals surface area (Å²) in [6.45, 7) is 1.29. The van der Waals surface area contributed by atoms with Gasteiger partial charge in [0, 0.05) is 43.0 Å². The van der Waals surface area contributed by atoms with E-state index < -0.39 is 13.0 Å². The minimum absolute atomic E-state index is 0.0107. The SMILES string of the molecule is COc1cccc(CN2CCC(NC(=O)c3ccc(-c4cccc(F)c4)nc3)CC2)c1OCC(F)F. The smallest absolute Gasteiger partial charge is 0.272 e. The van der Waals surface area contributed by atoms with Crippen LogP contribution in [0.15, 0.2) is 60.8 Å². The van der Waals surface area contributed by atoms with Gasteiger partial charge in [0.2, 0.25) is 0 Å². The lowest BCUT2D eigenvalue weighted by atomic mass is 10.0. The van der Waals surface area contributed by atoms with Crippen molar-refractivity contribution in [1.29, 1.82) is 0 Å². The summed E-state index contributed by atoms with van der Waals surface area (Å²) in [6, 6.07) is 14.9. The summed E-state index contributed by atoms with van der Waals surface area (Å²) in [4.78, 5) is 19.2. The maximum Gasteiger partial charge on any atom is 0.272 e. The molecule has 1 fully saturated rings. The number of nitrogens with zero attached hydrogens (tertiary/aromatic N) is 2. The van der Waals surface area contributed by atoms with E-state index in [0.29, 0.717) is 34.9 Å². The Balaban J connectivity index is 1.31. The molecule has 4 rings (SSSR count). The van der Waals surface area contributed by atoms with Crippen LogP contribution in [-0.2, 0) is 6.54 Å². The van der Waals surface area contributed by atoms with Gasteiger partial charge in [0.15, 0.2) is 11.5 Å². The van der Waals surface area contributed by atoms with E-state index >= 15 is 0 Å². The lowest BCUT2D eigenvalue weighted by Gasteiger charge is -2.32. The molecule has 1 N–H and O–H groups in total. The van der Waals surface area contributed by atoms with E-state index in [1.54, 1.807) is 30.3 Å². The highest BCUT2D eigenvalue weighted by molar-refractivity contribution is 5.94. The zero-order chi connectivity index (χ0) is 25.5. The maximum atomic E-state index is 13.5. The Morgan fingerprint density at radius 3 is 2.58 bits per heavy atom. The summed E-state index contributed by atoms with van der Waals surface area (Å²) in [6.07, 6.45) is 0.416. The van der Waals surface area contributed by atoms with Crippen LogP contribution in [0.4, 0.5) is 13.2 Å². The largest absolute Gasteiger partial charge is 0.493 e. The van der Waals surface area contributed by atoms with Crippen LogP contribution in [-0.4, -0.2) is 55.1 Å². The molecular weight excluding hydrogens is 471 g/mol. The highest BCUT2D eigenvalue weighted by atomic mass is 19.3. The van der Waals surface area contributed by atoms with Gasteiger partial charge in [0.25, 0.3) is 12.3 Å². The molecule has 6 nitrogen and oxygen atoms in total. The fourth-order valence-electron chi connectivity index (χ4n) is 4.25. The van der Waals surface area contributed by atoms with Crippen molar-refractivity contribution in [3.63, 3.8) is 0 Å². The summed E-state index contributed by atoms with van der Waals surface area (Å²) in [5.74, 6) is 0.213. The van der Waals surface area contributed by atoms with Crippen LogP contribution in [0.1, 0.15) is 28.8 Å². The number of rotatable bonds is 9. The Labute approximate surface area is 208 Å². The number of carbonyl (C=O) groups excluding carboxylic acids is 1. The Bertz CT molecular complexity index is 1170. The lowest BCUT2D eigenvalue weighted by Crippen LogP contribution is -2.44. The number of alkyl halides is 2. The highest BCUT2D eigenvalue weighted by Crippen LogP contribution is 2.33. The van der Waals surface area contributed by atoms with Crippen LogP contribution in [0.2, 0.25) is 0 Å². The molecule has 0 radical (unpaired) electrons. The molecule has 1 saturated heterocycles. The van der Waals surface area contributed by atoms with Crippen molar-refractivity contribution in [2.75, 3.05) is 26.8 Å². The number of methoxy groups -OCH3 is 1. The van der Waals surface area contributed by atoms with Gasteiger partial charge in [-0.05, 0) is 43.2 Å². The number of likely N-dealkylation sites (tertiary alicyclic amines) is 1. The molecule has 36 heavy (non-hydrogen) atoms. The van der Waals surface area contributed by atoms with E-state index in [0.717, 1.165) is 31.5 Å². The molecule has 1 aliphatic heterocycles. The molecule has 2 aromatic carbocycles. The van der Waals surface area contributed by atoms with Crippen molar-refractivity contribution in [1.82, 2.24) is 15.2 Å². The number of pyridine rings is 1. The molecule has 190 valence electrons. The molecule has 1 aliphatic rings. The molecule has 0 spiro atoms. The van der Waals surface area contributed by atoms with Gasteiger partial charge >= 0.3 is 0 Å². The number of para-hydroxylation sites is 1. The number of hydrogen-bond donors (Lipinski definition) is 1. The molecule has 0 aliphatic carbocycles. The first-order chi connectivity index (χ1) is 17.4. The Morgan fingerprint density at radius 2 is 1.92 bits per heavy atom. The monoisotopic (exact) mass is 499 g/mol. The second-order valence-corrected chi connectivity index (χ2v) is 8.62. The van der Waals surface area contributed by atoms with Crippen LogP contribution >= 0.6 is 0 Å². The van der Waals surface area contributed by atoms with Gasteiger partial charge in [-0.3, -0.25) is 14.7 Å². The van der Waals surface area contributed by atoms with Crippen molar-refractivity contribution in [3.05, 3.63) is 77.7 Å². The first kappa shape index (κ1) is 25.5. The van der Waals surface area contributed by atoms with Crippen LogP contribution in [0, 0.1) is 5.82 Å². The minimum atomic E-state index is -2.57. The molecule has 0 atom stereocenters. The average Bonchev–Trinajstić information content (AvgIpc) is 2.89. The third-order valence-corrected chi connectivity index (χ3v) is 6.10. The molecule has 1 amide bonds. The Hall–Kier alpha value is -3.59. The van der Waals surface area contributed by atoms with Gasteiger partial charge in [-0.2, -0.15) is 0 Å². The molecule has 3 aromatic rings. The molecule has 0 unspecified atom stereocenters. The maximum absolute atomic E-state index is 13.5. The number of carbonyl (C=O) groups is 1. The Kier molecular flexibility index (Phi) is 8.43. The van der Waals surface area contributed by atoms with Crippen molar-refractivity contribution < 1.29 is 27.4 Å². The molecule has 0 bridgehead atoms. The van der Waals surface area contributed by atoms with Crippen molar-refractivity contribution >= 4 is 5.91 Å². The summed E-state index contributed by atoms with van der Waals surface area (Å²) >= 11 is 0. The number of benzene rings is 2. The lowest BCUT2D eigenvalue weighted by molar-refractivity contribution is 0.0788. The number of piperidine rings is 1. The van der Waals surface area contributed by atoms with Crippen molar-refractivity contribution in [3.8, 4) is 22.8 Å². The van der Waals surface area contributed by atoms with Crippen LogP contribution in [0.25, 0.3) is 11.3 Å². The quantitative estimate of drug-likeness (QED) is 0.452. The zero-order valence-electron chi connectivity index (χ0n) is 19.9. The fourth-order valence-corrected chi connectivity index (χ4v) is 4.25. The van der Waals surface area contributed by atoms with Crippen molar-refractivity contribution in [2.24, 2.45) is 0 Å². The van der Waals surface area contributed by atoms with Crippen LogP contribution < -0.4 is 14.8 Å². The number of hydrogen-bond acceptors (Lipinski definition) is 5. The van der Waals surface area contributed by atoms with Crippen LogP contribution in [0.5, 0.6) is 11.5 Å². The molecular formula is C27H28F3N3O3. The minimum Gasteiger partial charge on any atom is -0.493 e. The molecule has 1 aromatic heterocycles. The van der Waals surface area contributed by atoms with Gasteiger partial charge in [0.05, 0.1) is 18.4 Å². The van der Waals surface area contributed by atoms with E-state index in [4.69, 9.17) is 9.47 Å².